The molecule has 0 aliphatic carbocycles. The van der Waals surface area contributed by atoms with E-state index in [2.05, 4.69) is 4.98 Å². The van der Waals surface area contributed by atoms with Gasteiger partial charge in [-0.3, -0.25) is 4.79 Å². The summed E-state index contributed by atoms with van der Waals surface area (Å²) in [6.07, 6.45) is 0. The van der Waals surface area contributed by atoms with Crippen LogP contribution in [0.5, 0.6) is 0 Å². The number of oxazole rings is 1. The lowest BCUT2D eigenvalue weighted by atomic mass is 9.96. The zero-order valence-electron chi connectivity index (χ0n) is 10.1. The van der Waals surface area contributed by atoms with Gasteiger partial charge in [0.05, 0.1) is 5.92 Å². The Morgan fingerprint density at radius 1 is 1.41 bits per heavy atom. The van der Waals surface area contributed by atoms with Gasteiger partial charge in [0.25, 0.3) is 0 Å². The highest BCUT2D eigenvalue weighted by molar-refractivity contribution is 5.74. The molecular weight excluding hydrogens is 218 g/mol. The summed E-state index contributed by atoms with van der Waals surface area (Å²) < 4.78 is 5.61. The van der Waals surface area contributed by atoms with Crippen molar-refractivity contribution >= 4 is 17.1 Å². The number of carboxylic acid groups (broad SMARTS) is 1. The van der Waals surface area contributed by atoms with E-state index >= 15 is 0 Å². The van der Waals surface area contributed by atoms with Crippen LogP contribution in [0.1, 0.15) is 31.2 Å². The number of carboxylic acids is 1. The summed E-state index contributed by atoms with van der Waals surface area (Å²) in [4.78, 5) is 15.2. The number of nitrogens with zero attached hydrogens (tertiary/aromatic N) is 1. The molecule has 4 nitrogen and oxygen atoms in total. The number of hydrogen-bond donors (Lipinski definition) is 1. The topological polar surface area (TPSA) is 63.3 Å². The Morgan fingerprint density at radius 2 is 2.12 bits per heavy atom. The van der Waals surface area contributed by atoms with E-state index in [4.69, 9.17) is 9.52 Å². The minimum atomic E-state index is -0.837. The van der Waals surface area contributed by atoms with Crippen LogP contribution in [0.4, 0.5) is 0 Å². The zero-order valence-corrected chi connectivity index (χ0v) is 10.1. The Morgan fingerprint density at radius 3 is 2.76 bits per heavy atom. The number of aryl methyl sites for hydroxylation is 1. The highest BCUT2D eigenvalue weighted by atomic mass is 16.4. The molecule has 0 bridgehead atoms. The second-order valence-corrected chi connectivity index (χ2v) is 4.44. The Hall–Kier alpha value is -1.84. The number of fused-ring (bicyclic) bond motifs is 1. The molecule has 4 heteroatoms. The van der Waals surface area contributed by atoms with Gasteiger partial charge in [-0.2, -0.15) is 0 Å². The van der Waals surface area contributed by atoms with Gasteiger partial charge in [-0.15, -0.1) is 0 Å². The predicted molar refractivity (Wildman–Crippen MR) is 64.0 cm³/mol. The highest BCUT2D eigenvalue weighted by Gasteiger charge is 2.25. The fourth-order valence-corrected chi connectivity index (χ4v) is 1.67. The van der Waals surface area contributed by atoms with Gasteiger partial charge in [0.1, 0.15) is 5.52 Å². The molecule has 0 fully saturated rings. The average Bonchev–Trinajstić information content (AvgIpc) is 2.69. The monoisotopic (exact) mass is 233 g/mol. The summed E-state index contributed by atoms with van der Waals surface area (Å²) in [5.74, 6) is -1.10. The van der Waals surface area contributed by atoms with E-state index in [-0.39, 0.29) is 5.92 Å². The molecule has 0 saturated carbocycles. The van der Waals surface area contributed by atoms with Crippen LogP contribution in [0.2, 0.25) is 0 Å². The maximum Gasteiger partial charge on any atom is 0.307 e. The summed E-state index contributed by atoms with van der Waals surface area (Å²) in [5, 5.41) is 8.96. The minimum Gasteiger partial charge on any atom is -0.481 e. The molecule has 2 aromatic rings. The van der Waals surface area contributed by atoms with Crippen molar-refractivity contribution in [3.63, 3.8) is 0 Å². The number of rotatable bonds is 3. The molecule has 2 atom stereocenters. The van der Waals surface area contributed by atoms with Crippen molar-refractivity contribution in [1.29, 1.82) is 0 Å². The van der Waals surface area contributed by atoms with Crippen molar-refractivity contribution in [1.82, 2.24) is 4.98 Å². The first-order chi connectivity index (χ1) is 7.99. The third kappa shape index (κ3) is 2.16. The fourth-order valence-electron chi connectivity index (χ4n) is 1.67. The first kappa shape index (κ1) is 11.6. The molecular formula is C13H15NO3. The van der Waals surface area contributed by atoms with Gasteiger partial charge in [0.15, 0.2) is 11.5 Å². The molecule has 17 heavy (non-hydrogen) atoms. The summed E-state index contributed by atoms with van der Waals surface area (Å²) in [5.41, 5.74) is 2.58. The Bertz CT molecular complexity index is 559. The first-order valence-electron chi connectivity index (χ1n) is 5.59. The maximum absolute atomic E-state index is 10.9. The number of carbonyl (C=O) groups is 1. The van der Waals surface area contributed by atoms with E-state index in [1.165, 1.54) is 0 Å². The molecule has 0 aliphatic heterocycles. The maximum atomic E-state index is 10.9. The van der Waals surface area contributed by atoms with Crippen LogP contribution in [-0.4, -0.2) is 16.1 Å². The third-order valence-corrected chi connectivity index (χ3v) is 3.09. The fraction of sp³-hybridized carbons (Fsp3) is 0.385. The molecule has 0 amide bonds. The number of hydrogen-bond acceptors (Lipinski definition) is 3. The second kappa shape index (κ2) is 4.20. The van der Waals surface area contributed by atoms with Crippen LogP contribution in [-0.2, 0) is 4.79 Å². The smallest absolute Gasteiger partial charge is 0.307 e. The second-order valence-electron chi connectivity index (χ2n) is 4.44. The SMILES string of the molecule is Cc1ccc2nc(C(C)C(C)C(=O)O)oc2c1. The van der Waals surface area contributed by atoms with Crippen LogP contribution < -0.4 is 0 Å². The Balaban J connectivity index is 2.39. The van der Waals surface area contributed by atoms with Crippen LogP contribution in [0.3, 0.4) is 0 Å². The van der Waals surface area contributed by atoms with Crippen LogP contribution in [0, 0.1) is 12.8 Å². The molecule has 0 spiro atoms. The largest absolute Gasteiger partial charge is 0.481 e. The quantitative estimate of drug-likeness (QED) is 0.885. The van der Waals surface area contributed by atoms with Gasteiger partial charge in [0, 0.05) is 5.92 Å². The van der Waals surface area contributed by atoms with E-state index in [9.17, 15) is 4.79 Å². The summed E-state index contributed by atoms with van der Waals surface area (Å²) >= 11 is 0. The summed E-state index contributed by atoms with van der Waals surface area (Å²) in [7, 11) is 0. The standard InChI is InChI=1S/C13H15NO3/c1-7-4-5-10-11(6-7)17-12(14-10)8(2)9(3)13(15)16/h4-6,8-9H,1-3H3,(H,15,16). The molecule has 0 aliphatic rings. The zero-order chi connectivity index (χ0) is 12.6. The number of aliphatic carboxylic acids is 1. The van der Waals surface area contributed by atoms with Crippen molar-refractivity contribution in [3.8, 4) is 0 Å². The van der Waals surface area contributed by atoms with E-state index in [1.807, 2.05) is 32.0 Å². The molecule has 1 N–H and O–H groups in total. The highest BCUT2D eigenvalue weighted by Crippen LogP contribution is 2.27. The van der Waals surface area contributed by atoms with Gasteiger partial charge in [-0.1, -0.05) is 19.9 Å². The van der Waals surface area contributed by atoms with Crippen molar-refractivity contribution in [2.24, 2.45) is 5.92 Å². The lowest BCUT2D eigenvalue weighted by Crippen LogP contribution is -2.16. The molecule has 0 radical (unpaired) electrons. The van der Waals surface area contributed by atoms with E-state index in [1.54, 1.807) is 6.92 Å². The normalized spacial score (nSPS) is 14.8. The van der Waals surface area contributed by atoms with E-state index in [0.717, 1.165) is 11.1 Å². The summed E-state index contributed by atoms with van der Waals surface area (Å²) in [6, 6.07) is 5.75. The number of aromatic nitrogens is 1. The van der Waals surface area contributed by atoms with Crippen LogP contribution in [0.15, 0.2) is 22.6 Å². The Labute approximate surface area is 99.3 Å². The van der Waals surface area contributed by atoms with Gasteiger partial charge in [-0.25, -0.2) is 4.98 Å². The van der Waals surface area contributed by atoms with Crippen molar-refractivity contribution in [2.75, 3.05) is 0 Å². The Kier molecular flexibility index (Phi) is 2.88. The van der Waals surface area contributed by atoms with Crippen molar-refractivity contribution in [2.45, 2.75) is 26.7 Å². The van der Waals surface area contributed by atoms with E-state index < -0.39 is 11.9 Å². The van der Waals surface area contributed by atoms with Crippen molar-refractivity contribution < 1.29 is 14.3 Å². The minimum absolute atomic E-state index is 0.236. The lowest BCUT2D eigenvalue weighted by molar-refractivity contribution is -0.141. The molecule has 1 aromatic carbocycles. The molecule has 1 aromatic heterocycles. The first-order valence-corrected chi connectivity index (χ1v) is 5.59. The van der Waals surface area contributed by atoms with Gasteiger partial charge in [0.2, 0.25) is 0 Å². The van der Waals surface area contributed by atoms with Crippen LogP contribution in [0.25, 0.3) is 11.1 Å². The van der Waals surface area contributed by atoms with E-state index in [0.29, 0.717) is 11.5 Å². The predicted octanol–water partition coefficient (Wildman–Crippen LogP) is 2.96. The average molecular weight is 233 g/mol. The number of benzene rings is 1. The van der Waals surface area contributed by atoms with Crippen LogP contribution >= 0.6 is 0 Å². The molecule has 1 heterocycles. The molecule has 90 valence electrons. The molecule has 0 saturated heterocycles. The van der Waals surface area contributed by atoms with Gasteiger partial charge in [-0.05, 0) is 24.6 Å². The van der Waals surface area contributed by atoms with Crippen molar-refractivity contribution in [3.05, 3.63) is 29.7 Å². The lowest BCUT2D eigenvalue weighted by Gasteiger charge is -2.11. The molecule has 2 unspecified atom stereocenters. The van der Waals surface area contributed by atoms with Gasteiger partial charge < -0.3 is 9.52 Å². The summed E-state index contributed by atoms with van der Waals surface area (Å²) in [6.45, 7) is 5.45. The molecule has 2 rings (SSSR count). The third-order valence-electron chi connectivity index (χ3n) is 3.09. The van der Waals surface area contributed by atoms with Gasteiger partial charge >= 0.3 is 5.97 Å².